The summed E-state index contributed by atoms with van der Waals surface area (Å²) >= 11 is 1.37. The van der Waals surface area contributed by atoms with Crippen LogP contribution in [-0.4, -0.2) is 75.9 Å². The maximum absolute atomic E-state index is 12.9. The number of hydrogen-bond donors (Lipinski definition) is 0. The molecule has 3 aromatic carbocycles. The molecule has 4 aromatic rings. The zero-order chi connectivity index (χ0) is 38.9. The summed E-state index contributed by atoms with van der Waals surface area (Å²) in [4.78, 5) is 28.7. The molecule has 0 saturated carbocycles. The zero-order valence-corrected chi connectivity index (χ0v) is 32.9. The Morgan fingerprint density at radius 3 is 1.62 bits per heavy atom. The molecule has 8 rings (SSSR count). The minimum absolute atomic E-state index is 0.0572. The minimum atomic E-state index is -3.68. The molecule has 1 aromatic heterocycles. The van der Waals surface area contributed by atoms with Crippen LogP contribution in [0.15, 0.2) is 87.3 Å². The molecule has 0 aliphatic carbocycles. The average Bonchev–Trinajstić information content (AvgIpc) is 3.75. The Labute approximate surface area is 325 Å². The van der Waals surface area contributed by atoms with Crippen molar-refractivity contribution in [3.8, 4) is 6.07 Å². The van der Waals surface area contributed by atoms with Crippen molar-refractivity contribution in [1.29, 1.82) is 5.26 Å². The Kier molecular flexibility index (Phi) is 11.0. The van der Waals surface area contributed by atoms with Gasteiger partial charge in [0.2, 0.25) is 20.0 Å². The third-order valence-electron chi connectivity index (χ3n) is 10.4. The topological polar surface area (TPSA) is 158 Å². The van der Waals surface area contributed by atoms with E-state index in [2.05, 4.69) is 0 Å². The predicted octanol–water partition coefficient (Wildman–Crippen LogP) is 6.54. The van der Waals surface area contributed by atoms with Crippen LogP contribution in [0.4, 0.5) is 21.0 Å². The van der Waals surface area contributed by atoms with Gasteiger partial charge in [-0.3, -0.25) is 9.80 Å². The Morgan fingerprint density at radius 1 is 0.673 bits per heavy atom. The van der Waals surface area contributed by atoms with Gasteiger partial charge in [-0.1, -0.05) is 41.5 Å². The van der Waals surface area contributed by atoms with Gasteiger partial charge in [0.1, 0.15) is 13.2 Å². The van der Waals surface area contributed by atoms with Crippen LogP contribution in [0.5, 0.6) is 0 Å². The van der Waals surface area contributed by atoms with Gasteiger partial charge >= 0.3 is 12.2 Å². The number of cyclic esters (lactones) is 2. The third kappa shape index (κ3) is 7.85. The zero-order valence-electron chi connectivity index (χ0n) is 30.5. The molecule has 0 bridgehead atoms. The van der Waals surface area contributed by atoms with Crippen LogP contribution in [0.25, 0.3) is 0 Å². The molecule has 0 N–H and O–H groups in total. The van der Waals surface area contributed by atoms with Crippen molar-refractivity contribution >= 4 is 54.9 Å². The van der Waals surface area contributed by atoms with Crippen molar-refractivity contribution < 1.29 is 35.9 Å². The molecule has 55 heavy (non-hydrogen) atoms. The maximum atomic E-state index is 12.9. The van der Waals surface area contributed by atoms with Crippen LogP contribution in [0, 0.1) is 25.2 Å². The fraction of sp³-hybridized carbons (Fsp3) is 0.359. The Hall–Kier alpha value is -4.79. The van der Waals surface area contributed by atoms with Gasteiger partial charge in [-0.05, 0) is 81.3 Å². The summed E-state index contributed by atoms with van der Waals surface area (Å²) in [7, 11) is -7.12. The molecule has 0 spiro atoms. The van der Waals surface area contributed by atoms with Crippen LogP contribution in [-0.2, 0) is 42.7 Å². The first-order valence-corrected chi connectivity index (χ1v) is 21.8. The average molecular weight is 804 g/mol. The lowest BCUT2D eigenvalue weighted by Crippen LogP contribution is -2.50. The van der Waals surface area contributed by atoms with Gasteiger partial charge < -0.3 is 9.47 Å². The first-order chi connectivity index (χ1) is 26.4. The van der Waals surface area contributed by atoms with Crippen LogP contribution in [0.1, 0.15) is 53.5 Å². The fourth-order valence-corrected chi connectivity index (χ4v) is 11.5. The van der Waals surface area contributed by atoms with E-state index in [-0.39, 0.29) is 42.4 Å². The van der Waals surface area contributed by atoms with Gasteiger partial charge in [0.15, 0.2) is 0 Å². The number of fused-ring (bicyclic) bond motifs is 2. The van der Waals surface area contributed by atoms with Crippen molar-refractivity contribution in [2.24, 2.45) is 0 Å². The molecule has 5 heterocycles. The second kappa shape index (κ2) is 15.8. The van der Waals surface area contributed by atoms with E-state index in [0.717, 1.165) is 33.6 Å². The van der Waals surface area contributed by atoms with E-state index in [1.807, 2.05) is 56.3 Å². The number of nitriles is 1. The summed E-state index contributed by atoms with van der Waals surface area (Å²) in [5.41, 5.74) is 6.22. The summed E-state index contributed by atoms with van der Waals surface area (Å²) in [5.74, 6) is 0. The SMILES string of the molecule is Cc1ccc2c(c1)COC(=O)N2C1CCN(S(=O)(=O)c2cccc(C#N)c2)CC1.Cc1ccc2c(c1)COC(=O)N2C1CCN(S(=O)(=O)c2ccsc2)CC1. The van der Waals surface area contributed by atoms with Gasteiger partial charge in [-0.25, -0.2) is 26.4 Å². The highest BCUT2D eigenvalue weighted by Crippen LogP contribution is 2.35. The molecule has 4 aliphatic rings. The molecular formula is C39H41N5O8S3. The van der Waals surface area contributed by atoms with Crippen LogP contribution in [0.3, 0.4) is 0 Å². The van der Waals surface area contributed by atoms with Crippen molar-refractivity contribution in [3.63, 3.8) is 0 Å². The van der Waals surface area contributed by atoms with E-state index in [9.17, 15) is 26.4 Å². The number of carbonyl (C=O) groups excluding carboxylic acids is 2. The number of rotatable bonds is 6. The van der Waals surface area contributed by atoms with Crippen LogP contribution < -0.4 is 9.80 Å². The molecule has 2 saturated heterocycles. The summed E-state index contributed by atoms with van der Waals surface area (Å²) in [6.45, 7) is 5.94. The van der Waals surface area contributed by atoms with E-state index in [0.29, 0.717) is 62.3 Å². The fourth-order valence-electron chi connectivity index (χ4n) is 7.54. The van der Waals surface area contributed by atoms with E-state index in [1.54, 1.807) is 38.8 Å². The number of hydrogen-bond acceptors (Lipinski definition) is 10. The predicted molar refractivity (Wildman–Crippen MR) is 207 cm³/mol. The first kappa shape index (κ1) is 38.5. The highest BCUT2D eigenvalue weighted by atomic mass is 32.2. The van der Waals surface area contributed by atoms with Crippen molar-refractivity contribution in [1.82, 2.24) is 8.61 Å². The number of nitrogens with zero attached hydrogens (tertiary/aromatic N) is 5. The smallest absolute Gasteiger partial charge is 0.414 e. The van der Waals surface area contributed by atoms with E-state index >= 15 is 0 Å². The lowest BCUT2D eigenvalue weighted by molar-refractivity contribution is 0.135. The van der Waals surface area contributed by atoms with E-state index in [1.165, 1.54) is 32.1 Å². The van der Waals surface area contributed by atoms with Gasteiger partial charge in [0.05, 0.1) is 32.8 Å². The van der Waals surface area contributed by atoms with E-state index < -0.39 is 20.0 Å². The normalized spacial score (nSPS) is 18.6. The second-order valence-corrected chi connectivity index (χ2v) is 18.6. The molecule has 288 valence electrons. The molecule has 4 aliphatic heterocycles. The number of thiophene rings is 1. The maximum Gasteiger partial charge on any atom is 0.414 e. The van der Waals surface area contributed by atoms with Crippen molar-refractivity contribution in [2.75, 3.05) is 36.0 Å². The summed E-state index contributed by atoms with van der Waals surface area (Å²) in [5, 5.41) is 12.5. The monoisotopic (exact) mass is 803 g/mol. The van der Waals surface area contributed by atoms with Crippen molar-refractivity contribution in [3.05, 3.63) is 105 Å². The molecular weight excluding hydrogens is 763 g/mol. The number of aryl methyl sites for hydroxylation is 2. The number of ether oxygens (including phenoxy) is 2. The highest BCUT2D eigenvalue weighted by Gasteiger charge is 2.39. The molecule has 2 fully saturated rings. The van der Waals surface area contributed by atoms with Crippen LogP contribution in [0.2, 0.25) is 0 Å². The van der Waals surface area contributed by atoms with Gasteiger partial charge in [-0.2, -0.15) is 25.2 Å². The number of anilines is 2. The number of carbonyl (C=O) groups is 2. The summed E-state index contributed by atoms with van der Waals surface area (Å²) in [6.07, 6.45) is 1.47. The van der Waals surface area contributed by atoms with Gasteiger partial charge in [0, 0.05) is 54.8 Å². The molecule has 0 radical (unpaired) electrons. The number of sulfonamides is 2. The van der Waals surface area contributed by atoms with Gasteiger partial charge in [0.25, 0.3) is 0 Å². The first-order valence-electron chi connectivity index (χ1n) is 18.0. The lowest BCUT2D eigenvalue weighted by Gasteiger charge is -2.39. The largest absolute Gasteiger partial charge is 0.444 e. The van der Waals surface area contributed by atoms with Crippen molar-refractivity contribution in [2.45, 2.75) is 74.6 Å². The number of amides is 2. The molecule has 13 nitrogen and oxygen atoms in total. The summed E-state index contributed by atoms with van der Waals surface area (Å²) < 4.78 is 64.8. The lowest BCUT2D eigenvalue weighted by atomic mass is 10.0. The molecule has 0 unspecified atom stereocenters. The number of piperidine rings is 2. The summed E-state index contributed by atoms with van der Waals surface area (Å²) in [6, 6.07) is 21.3. The Balaban J connectivity index is 0.000000170. The minimum Gasteiger partial charge on any atom is -0.444 e. The Morgan fingerprint density at radius 2 is 1.16 bits per heavy atom. The van der Waals surface area contributed by atoms with E-state index in [4.69, 9.17) is 14.7 Å². The molecule has 0 atom stereocenters. The quantitative estimate of drug-likeness (QED) is 0.211. The standard InChI is InChI=1S/C21H21N3O4S.C18H20N2O4S2/c1-15-5-6-20-17(11-15)14-28-21(25)24(20)18-7-9-23(10-8-18)29(26,27)19-4-2-3-16(12-19)13-22;1-13-2-3-17-14(10-13)11-24-18(21)20(17)15-4-7-19(8-5-15)26(22,23)16-6-9-25-12-16/h2-6,11-12,18H,7-10,14H2,1H3;2-3,6,9-10,12,15H,4-5,7-8,11H2,1H3. The van der Waals surface area contributed by atoms with Gasteiger partial charge in [-0.15, -0.1) is 0 Å². The second-order valence-electron chi connectivity index (χ2n) is 14.0. The molecule has 2 amide bonds. The number of benzene rings is 3. The van der Waals surface area contributed by atoms with Crippen LogP contribution >= 0.6 is 11.3 Å². The molecule has 16 heteroatoms. The third-order valence-corrected chi connectivity index (χ3v) is 15.0. The highest BCUT2D eigenvalue weighted by molar-refractivity contribution is 7.89. The Bertz CT molecular complexity index is 2350.